The minimum atomic E-state index is -0.658. The Hall–Kier alpha value is -1.43. The maximum absolute atomic E-state index is 11.6. The lowest BCUT2D eigenvalue weighted by Gasteiger charge is -2.11. The van der Waals surface area contributed by atoms with E-state index in [1.807, 2.05) is 6.92 Å². The predicted octanol–water partition coefficient (Wildman–Crippen LogP) is 1.13. The van der Waals surface area contributed by atoms with Gasteiger partial charge in [0.25, 0.3) is 5.91 Å². The number of rotatable bonds is 4. The summed E-state index contributed by atoms with van der Waals surface area (Å²) in [4.78, 5) is 26.9. The zero-order valence-electron chi connectivity index (χ0n) is 9.44. The molecule has 0 saturated carbocycles. The molecule has 1 N–H and O–H groups in total. The molecule has 0 spiro atoms. The zero-order chi connectivity index (χ0) is 12.1. The third-order valence-corrected chi connectivity index (χ3v) is 2.61. The number of hydrogen-bond donors (Lipinski definition) is 1. The van der Waals surface area contributed by atoms with E-state index in [0.29, 0.717) is 12.3 Å². The maximum atomic E-state index is 11.6. The monoisotopic (exact) mass is 242 g/mol. The Morgan fingerprint density at radius 3 is 2.81 bits per heavy atom. The topological polar surface area (TPSA) is 68.3 Å². The fraction of sp³-hybridized carbons (Fsp3) is 0.500. The quantitative estimate of drug-likeness (QED) is 0.804. The van der Waals surface area contributed by atoms with Crippen molar-refractivity contribution in [2.75, 3.05) is 6.61 Å². The Bertz CT molecular complexity index is 389. The van der Waals surface area contributed by atoms with Crippen LogP contribution in [-0.4, -0.2) is 29.5 Å². The molecule has 0 aliphatic rings. The fourth-order valence-corrected chi connectivity index (χ4v) is 1.66. The molecular weight excluding hydrogens is 228 g/mol. The van der Waals surface area contributed by atoms with Gasteiger partial charge >= 0.3 is 5.97 Å². The maximum Gasteiger partial charge on any atom is 0.328 e. The second kappa shape index (κ2) is 5.60. The third-order valence-electron chi connectivity index (χ3n) is 1.84. The smallest absolute Gasteiger partial charge is 0.328 e. The molecule has 0 radical (unpaired) electrons. The number of carbonyl (C=O) groups excluding carboxylic acids is 2. The Balaban J connectivity index is 2.54. The van der Waals surface area contributed by atoms with Crippen molar-refractivity contribution in [2.24, 2.45) is 0 Å². The summed E-state index contributed by atoms with van der Waals surface area (Å²) in [7, 11) is 0. The molecule has 6 heteroatoms. The summed E-state index contributed by atoms with van der Waals surface area (Å²) < 4.78 is 4.77. The number of aryl methyl sites for hydroxylation is 1. The van der Waals surface area contributed by atoms with Crippen LogP contribution >= 0.6 is 11.3 Å². The van der Waals surface area contributed by atoms with Crippen molar-refractivity contribution in [2.45, 2.75) is 26.8 Å². The number of carbonyl (C=O) groups is 2. The number of nitrogens with zero attached hydrogens (tertiary/aromatic N) is 1. The molecule has 1 rings (SSSR count). The van der Waals surface area contributed by atoms with Crippen LogP contribution < -0.4 is 5.32 Å². The van der Waals surface area contributed by atoms with Crippen LogP contribution in [0.25, 0.3) is 0 Å². The van der Waals surface area contributed by atoms with E-state index in [4.69, 9.17) is 4.74 Å². The number of aromatic nitrogens is 1. The van der Waals surface area contributed by atoms with Crippen molar-refractivity contribution < 1.29 is 14.3 Å². The molecule has 16 heavy (non-hydrogen) atoms. The Labute approximate surface area is 97.8 Å². The standard InChI is InChI=1S/C10H14N2O3S/c1-4-15-10(14)6(2)11-9(13)8-5-16-7(3)12-8/h5-6H,4H2,1-3H3,(H,11,13)/t6-/m0/s1. The van der Waals surface area contributed by atoms with E-state index >= 15 is 0 Å². The number of esters is 1. The molecule has 1 atom stereocenters. The highest BCUT2D eigenvalue weighted by molar-refractivity contribution is 7.09. The molecule has 1 aromatic heterocycles. The van der Waals surface area contributed by atoms with Gasteiger partial charge in [-0.05, 0) is 20.8 Å². The highest BCUT2D eigenvalue weighted by Gasteiger charge is 2.18. The molecule has 0 aromatic carbocycles. The highest BCUT2D eigenvalue weighted by Crippen LogP contribution is 2.07. The normalized spacial score (nSPS) is 11.9. The first-order valence-electron chi connectivity index (χ1n) is 4.94. The molecule has 0 fully saturated rings. The van der Waals surface area contributed by atoms with Crippen molar-refractivity contribution in [1.29, 1.82) is 0 Å². The van der Waals surface area contributed by atoms with E-state index in [0.717, 1.165) is 5.01 Å². The highest BCUT2D eigenvalue weighted by atomic mass is 32.1. The van der Waals surface area contributed by atoms with Gasteiger partial charge in [0.2, 0.25) is 0 Å². The van der Waals surface area contributed by atoms with Crippen molar-refractivity contribution in [1.82, 2.24) is 10.3 Å². The largest absolute Gasteiger partial charge is 0.464 e. The first kappa shape index (κ1) is 12.6. The van der Waals surface area contributed by atoms with Crippen LogP contribution in [0.5, 0.6) is 0 Å². The van der Waals surface area contributed by atoms with Gasteiger partial charge in [0.15, 0.2) is 0 Å². The fourth-order valence-electron chi connectivity index (χ4n) is 1.06. The lowest BCUT2D eigenvalue weighted by atomic mass is 10.3. The summed E-state index contributed by atoms with van der Waals surface area (Å²) >= 11 is 1.39. The van der Waals surface area contributed by atoms with Crippen molar-refractivity contribution >= 4 is 23.2 Å². The van der Waals surface area contributed by atoms with Crippen LogP contribution in [0.15, 0.2) is 5.38 Å². The molecule has 0 bridgehead atoms. The van der Waals surface area contributed by atoms with E-state index in [1.54, 1.807) is 19.2 Å². The van der Waals surface area contributed by atoms with Crippen LogP contribution in [0.2, 0.25) is 0 Å². The van der Waals surface area contributed by atoms with Crippen molar-refractivity contribution in [3.8, 4) is 0 Å². The molecule has 0 aliphatic carbocycles. The third kappa shape index (κ3) is 3.30. The lowest BCUT2D eigenvalue weighted by molar-refractivity contribution is -0.144. The van der Waals surface area contributed by atoms with E-state index in [1.165, 1.54) is 11.3 Å². The molecular formula is C10H14N2O3S. The van der Waals surface area contributed by atoms with Crippen molar-refractivity contribution in [3.05, 3.63) is 16.1 Å². The Kier molecular flexibility index (Phi) is 4.42. The van der Waals surface area contributed by atoms with E-state index in [2.05, 4.69) is 10.3 Å². The van der Waals surface area contributed by atoms with E-state index in [9.17, 15) is 9.59 Å². The number of thiazole rings is 1. The average Bonchev–Trinajstić information content (AvgIpc) is 2.65. The molecule has 1 aromatic rings. The number of hydrogen-bond acceptors (Lipinski definition) is 5. The minimum absolute atomic E-state index is 0.300. The second-order valence-electron chi connectivity index (χ2n) is 3.20. The molecule has 0 unspecified atom stereocenters. The lowest BCUT2D eigenvalue weighted by Crippen LogP contribution is -2.39. The SMILES string of the molecule is CCOC(=O)[C@H](C)NC(=O)c1csc(C)n1. The summed E-state index contributed by atoms with van der Waals surface area (Å²) in [5.41, 5.74) is 0.332. The molecule has 88 valence electrons. The van der Waals surface area contributed by atoms with Gasteiger partial charge in [-0.2, -0.15) is 0 Å². The van der Waals surface area contributed by atoms with Crippen molar-refractivity contribution in [3.63, 3.8) is 0 Å². The number of amides is 1. The first-order chi connectivity index (χ1) is 7.54. The minimum Gasteiger partial charge on any atom is -0.464 e. The van der Waals surface area contributed by atoms with Crippen LogP contribution in [0.1, 0.15) is 29.3 Å². The van der Waals surface area contributed by atoms with E-state index in [-0.39, 0.29) is 5.91 Å². The van der Waals surface area contributed by atoms with Gasteiger partial charge in [0.1, 0.15) is 11.7 Å². The molecule has 0 saturated heterocycles. The van der Waals surface area contributed by atoms with Gasteiger partial charge in [-0.25, -0.2) is 9.78 Å². The van der Waals surface area contributed by atoms with Crippen LogP contribution in [0.3, 0.4) is 0 Å². The summed E-state index contributed by atoms with van der Waals surface area (Å²) in [6.07, 6.45) is 0. The number of ether oxygens (including phenoxy) is 1. The summed E-state index contributed by atoms with van der Waals surface area (Å²) in [6.45, 7) is 5.41. The molecule has 1 heterocycles. The van der Waals surface area contributed by atoms with E-state index < -0.39 is 12.0 Å². The van der Waals surface area contributed by atoms with Crippen LogP contribution in [0, 0.1) is 6.92 Å². The molecule has 0 aliphatic heterocycles. The van der Waals surface area contributed by atoms with Gasteiger partial charge in [0, 0.05) is 5.38 Å². The van der Waals surface area contributed by atoms with Gasteiger partial charge in [0.05, 0.1) is 11.6 Å². The Morgan fingerprint density at radius 2 is 2.31 bits per heavy atom. The van der Waals surface area contributed by atoms with Gasteiger partial charge in [-0.15, -0.1) is 11.3 Å². The molecule has 5 nitrogen and oxygen atoms in total. The first-order valence-corrected chi connectivity index (χ1v) is 5.82. The average molecular weight is 242 g/mol. The van der Waals surface area contributed by atoms with Gasteiger partial charge in [-0.1, -0.05) is 0 Å². The number of nitrogens with one attached hydrogen (secondary N) is 1. The van der Waals surface area contributed by atoms with Gasteiger partial charge < -0.3 is 10.1 Å². The summed E-state index contributed by atoms with van der Waals surface area (Å²) in [5.74, 6) is -0.798. The molecule has 1 amide bonds. The van der Waals surface area contributed by atoms with Gasteiger partial charge in [-0.3, -0.25) is 4.79 Å². The second-order valence-corrected chi connectivity index (χ2v) is 4.26. The summed E-state index contributed by atoms with van der Waals surface area (Å²) in [6, 6.07) is -0.658. The summed E-state index contributed by atoms with van der Waals surface area (Å²) in [5, 5.41) is 4.99. The van der Waals surface area contributed by atoms with Crippen LogP contribution in [-0.2, 0) is 9.53 Å². The Morgan fingerprint density at radius 1 is 1.62 bits per heavy atom. The van der Waals surface area contributed by atoms with Crippen LogP contribution in [0.4, 0.5) is 0 Å². The predicted molar refractivity (Wildman–Crippen MR) is 60.4 cm³/mol. The zero-order valence-corrected chi connectivity index (χ0v) is 10.3.